The minimum atomic E-state index is -0.138. The van der Waals surface area contributed by atoms with Gasteiger partial charge in [-0.25, -0.2) is 4.98 Å². The van der Waals surface area contributed by atoms with Crippen LogP contribution in [0.25, 0.3) is 10.2 Å². The van der Waals surface area contributed by atoms with Gasteiger partial charge in [0.2, 0.25) is 0 Å². The minimum absolute atomic E-state index is 0.138. The number of nitrogens with one attached hydrogen (secondary N) is 1. The average Bonchev–Trinajstić information content (AvgIpc) is 3.16. The molecule has 1 N–H and O–H groups in total. The van der Waals surface area contributed by atoms with Crippen LogP contribution in [0.3, 0.4) is 0 Å². The molecule has 4 aromatic rings. The number of amides is 1. The standard InChI is InChI=1S/C22H20N2O2S/c1-13-14(2)26-15(3)21(13)22(25)23-17-10-8-16(9-11-17)12-20-24-18-6-4-5-7-19(18)27-20/h4-11H,12H2,1-3H3,(H,23,25). The van der Waals surface area contributed by atoms with E-state index in [1.54, 1.807) is 11.3 Å². The molecule has 0 unspecified atom stereocenters. The van der Waals surface area contributed by atoms with E-state index in [1.165, 1.54) is 10.3 Å². The number of hydrogen-bond donors (Lipinski definition) is 1. The molecular weight excluding hydrogens is 356 g/mol. The Morgan fingerprint density at radius 3 is 2.44 bits per heavy atom. The Bertz CT molecular complexity index is 1090. The molecule has 0 fully saturated rings. The summed E-state index contributed by atoms with van der Waals surface area (Å²) in [5.74, 6) is 1.29. The number of para-hydroxylation sites is 1. The van der Waals surface area contributed by atoms with Crippen LogP contribution in [0, 0.1) is 20.8 Å². The molecule has 2 heterocycles. The molecule has 0 aliphatic rings. The van der Waals surface area contributed by atoms with Crippen molar-refractivity contribution in [2.45, 2.75) is 27.2 Å². The highest BCUT2D eigenvalue weighted by atomic mass is 32.1. The summed E-state index contributed by atoms with van der Waals surface area (Å²) in [5.41, 5.74) is 4.48. The Labute approximate surface area is 161 Å². The fourth-order valence-electron chi connectivity index (χ4n) is 3.20. The molecule has 27 heavy (non-hydrogen) atoms. The van der Waals surface area contributed by atoms with E-state index in [2.05, 4.69) is 16.4 Å². The van der Waals surface area contributed by atoms with Gasteiger partial charge in [0.05, 0.1) is 20.8 Å². The first-order valence-electron chi connectivity index (χ1n) is 8.82. The van der Waals surface area contributed by atoms with Crippen LogP contribution in [0.5, 0.6) is 0 Å². The number of fused-ring (bicyclic) bond motifs is 1. The number of aryl methyl sites for hydroxylation is 2. The Morgan fingerprint density at radius 1 is 1.04 bits per heavy atom. The normalized spacial score (nSPS) is 11.1. The number of nitrogens with zero attached hydrogens (tertiary/aromatic N) is 1. The molecule has 0 aliphatic heterocycles. The lowest BCUT2D eigenvalue weighted by Crippen LogP contribution is -2.13. The van der Waals surface area contributed by atoms with Crippen molar-refractivity contribution in [3.63, 3.8) is 0 Å². The van der Waals surface area contributed by atoms with E-state index < -0.39 is 0 Å². The monoisotopic (exact) mass is 376 g/mol. The van der Waals surface area contributed by atoms with Gasteiger partial charge in [0.25, 0.3) is 5.91 Å². The summed E-state index contributed by atoms with van der Waals surface area (Å²) in [6, 6.07) is 16.1. The summed E-state index contributed by atoms with van der Waals surface area (Å²) < 4.78 is 6.75. The third kappa shape index (κ3) is 3.51. The molecule has 4 nitrogen and oxygen atoms in total. The Hall–Kier alpha value is -2.92. The third-order valence-electron chi connectivity index (χ3n) is 4.69. The molecule has 0 radical (unpaired) electrons. The van der Waals surface area contributed by atoms with E-state index in [9.17, 15) is 4.79 Å². The van der Waals surface area contributed by atoms with Crippen molar-refractivity contribution in [2.24, 2.45) is 0 Å². The number of rotatable bonds is 4. The van der Waals surface area contributed by atoms with Gasteiger partial charge in [-0.1, -0.05) is 24.3 Å². The lowest BCUT2D eigenvalue weighted by atomic mass is 10.1. The maximum Gasteiger partial charge on any atom is 0.259 e. The fraction of sp³-hybridized carbons (Fsp3) is 0.182. The molecule has 0 saturated carbocycles. The van der Waals surface area contributed by atoms with Crippen LogP contribution in [0.1, 0.15) is 38.0 Å². The van der Waals surface area contributed by atoms with Gasteiger partial charge in [-0.3, -0.25) is 4.79 Å². The number of hydrogen-bond acceptors (Lipinski definition) is 4. The van der Waals surface area contributed by atoms with Crippen LogP contribution in [0.15, 0.2) is 52.9 Å². The van der Waals surface area contributed by atoms with Crippen LogP contribution in [0.4, 0.5) is 5.69 Å². The number of benzene rings is 2. The largest absolute Gasteiger partial charge is 0.466 e. The zero-order valence-corrected chi connectivity index (χ0v) is 16.3. The fourth-order valence-corrected chi connectivity index (χ4v) is 4.20. The Kier molecular flexibility index (Phi) is 4.54. The summed E-state index contributed by atoms with van der Waals surface area (Å²) in [6.45, 7) is 5.59. The van der Waals surface area contributed by atoms with Gasteiger partial charge in [-0.2, -0.15) is 0 Å². The summed E-state index contributed by atoms with van der Waals surface area (Å²) in [7, 11) is 0. The Balaban J connectivity index is 1.48. The number of thiazole rings is 1. The van der Waals surface area contributed by atoms with Crippen molar-refractivity contribution in [1.82, 2.24) is 4.98 Å². The lowest BCUT2D eigenvalue weighted by Gasteiger charge is -2.06. The molecule has 0 spiro atoms. The van der Waals surface area contributed by atoms with Crippen molar-refractivity contribution >= 4 is 33.1 Å². The van der Waals surface area contributed by atoms with Crippen molar-refractivity contribution in [3.05, 3.63) is 81.7 Å². The van der Waals surface area contributed by atoms with Crippen LogP contribution in [-0.4, -0.2) is 10.9 Å². The molecule has 4 rings (SSSR count). The van der Waals surface area contributed by atoms with Crippen LogP contribution in [-0.2, 0) is 6.42 Å². The predicted molar refractivity (Wildman–Crippen MR) is 110 cm³/mol. The quantitative estimate of drug-likeness (QED) is 0.500. The molecule has 2 aromatic heterocycles. The van der Waals surface area contributed by atoms with E-state index in [-0.39, 0.29) is 5.91 Å². The van der Waals surface area contributed by atoms with E-state index in [1.807, 2.05) is 63.2 Å². The van der Waals surface area contributed by atoms with Crippen LogP contribution in [0.2, 0.25) is 0 Å². The zero-order valence-electron chi connectivity index (χ0n) is 15.5. The van der Waals surface area contributed by atoms with Gasteiger partial charge >= 0.3 is 0 Å². The van der Waals surface area contributed by atoms with Crippen molar-refractivity contribution in [3.8, 4) is 0 Å². The average molecular weight is 376 g/mol. The zero-order chi connectivity index (χ0) is 19.0. The SMILES string of the molecule is Cc1oc(C)c(C(=O)Nc2ccc(Cc3nc4ccccc4s3)cc2)c1C. The van der Waals surface area contributed by atoms with Gasteiger partial charge in [0.15, 0.2) is 0 Å². The molecule has 0 aliphatic carbocycles. The maximum absolute atomic E-state index is 12.6. The highest BCUT2D eigenvalue weighted by molar-refractivity contribution is 7.18. The molecule has 2 aromatic carbocycles. The van der Waals surface area contributed by atoms with E-state index in [0.29, 0.717) is 11.3 Å². The minimum Gasteiger partial charge on any atom is -0.466 e. The van der Waals surface area contributed by atoms with Gasteiger partial charge < -0.3 is 9.73 Å². The molecule has 1 amide bonds. The number of carbonyl (C=O) groups is 1. The maximum atomic E-state index is 12.6. The molecular formula is C22H20N2O2S. The second-order valence-electron chi connectivity index (χ2n) is 6.62. The number of furan rings is 1. The topological polar surface area (TPSA) is 55.1 Å². The van der Waals surface area contributed by atoms with Crippen molar-refractivity contribution in [1.29, 1.82) is 0 Å². The van der Waals surface area contributed by atoms with Crippen LogP contribution >= 0.6 is 11.3 Å². The summed E-state index contributed by atoms with van der Waals surface area (Å²) >= 11 is 1.72. The number of carbonyl (C=O) groups excluding carboxylic acids is 1. The van der Waals surface area contributed by atoms with Gasteiger partial charge in [-0.05, 0) is 50.6 Å². The van der Waals surface area contributed by atoms with E-state index >= 15 is 0 Å². The molecule has 5 heteroatoms. The number of aromatic nitrogens is 1. The molecule has 0 saturated heterocycles. The van der Waals surface area contributed by atoms with Crippen molar-refractivity contribution in [2.75, 3.05) is 5.32 Å². The van der Waals surface area contributed by atoms with Gasteiger partial charge in [0, 0.05) is 17.7 Å². The summed E-state index contributed by atoms with van der Waals surface area (Å²) in [4.78, 5) is 17.2. The number of anilines is 1. The summed E-state index contributed by atoms with van der Waals surface area (Å²) in [6.07, 6.45) is 0.784. The molecule has 0 atom stereocenters. The highest BCUT2D eigenvalue weighted by Gasteiger charge is 2.18. The first-order valence-corrected chi connectivity index (χ1v) is 9.64. The van der Waals surface area contributed by atoms with E-state index in [4.69, 9.17) is 4.42 Å². The first-order chi connectivity index (χ1) is 13.0. The molecule has 0 bridgehead atoms. The smallest absolute Gasteiger partial charge is 0.259 e. The highest BCUT2D eigenvalue weighted by Crippen LogP contribution is 2.25. The molecule has 136 valence electrons. The summed E-state index contributed by atoms with van der Waals surface area (Å²) in [5, 5.41) is 4.04. The van der Waals surface area contributed by atoms with Gasteiger partial charge in [-0.15, -0.1) is 11.3 Å². The van der Waals surface area contributed by atoms with Crippen LogP contribution < -0.4 is 5.32 Å². The van der Waals surface area contributed by atoms with Crippen molar-refractivity contribution < 1.29 is 9.21 Å². The lowest BCUT2D eigenvalue weighted by molar-refractivity contribution is 0.102. The predicted octanol–water partition coefficient (Wildman–Crippen LogP) is 5.66. The first kappa shape index (κ1) is 17.5. The third-order valence-corrected chi connectivity index (χ3v) is 5.73. The second-order valence-corrected chi connectivity index (χ2v) is 7.73. The Morgan fingerprint density at radius 2 is 1.78 bits per heavy atom. The second kappa shape index (κ2) is 7.00. The van der Waals surface area contributed by atoms with Gasteiger partial charge in [0.1, 0.15) is 11.5 Å². The van der Waals surface area contributed by atoms with E-state index in [0.717, 1.165) is 34.0 Å².